The summed E-state index contributed by atoms with van der Waals surface area (Å²) in [5.41, 5.74) is 6.91. The number of rotatable bonds is 4. The molecule has 1 unspecified atom stereocenters. The highest BCUT2D eigenvalue weighted by atomic mass is 35.5. The summed E-state index contributed by atoms with van der Waals surface area (Å²) < 4.78 is 13.9. The maximum Gasteiger partial charge on any atom is 0.127 e. The molecule has 0 saturated carbocycles. The van der Waals surface area contributed by atoms with Crippen LogP contribution in [0.1, 0.15) is 38.7 Å². The van der Waals surface area contributed by atoms with Crippen LogP contribution in [0.15, 0.2) is 18.2 Å². The molecule has 0 aromatic heterocycles. The number of likely N-dealkylation sites (tertiary alicyclic amines) is 1. The van der Waals surface area contributed by atoms with Crippen LogP contribution in [-0.2, 0) is 6.42 Å². The van der Waals surface area contributed by atoms with Crippen LogP contribution in [0.25, 0.3) is 0 Å². The van der Waals surface area contributed by atoms with E-state index < -0.39 is 0 Å². The van der Waals surface area contributed by atoms with Gasteiger partial charge in [-0.1, -0.05) is 24.1 Å². The predicted octanol–water partition coefficient (Wildman–Crippen LogP) is 3.61. The Labute approximate surface area is 126 Å². The zero-order valence-electron chi connectivity index (χ0n) is 12.3. The zero-order valence-corrected chi connectivity index (χ0v) is 13.1. The van der Waals surface area contributed by atoms with Crippen molar-refractivity contribution >= 4 is 11.6 Å². The van der Waals surface area contributed by atoms with Gasteiger partial charge in [-0.3, -0.25) is 4.90 Å². The molecule has 0 bridgehead atoms. The summed E-state index contributed by atoms with van der Waals surface area (Å²) >= 11 is 5.79. The molecule has 0 radical (unpaired) electrons. The van der Waals surface area contributed by atoms with Crippen LogP contribution in [0.3, 0.4) is 0 Å². The largest absolute Gasteiger partial charge is 0.326 e. The van der Waals surface area contributed by atoms with Gasteiger partial charge in [-0.2, -0.15) is 0 Å². The Balaban J connectivity index is 2.07. The van der Waals surface area contributed by atoms with Crippen LogP contribution in [0.5, 0.6) is 0 Å². The van der Waals surface area contributed by atoms with E-state index in [2.05, 4.69) is 18.7 Å². The second-order valence-electron chi connectivity index (χ2n) is 6.25. The van der Waals surface area contributed by atoms with Gasteiger partial charge < -0.3 is 5.73 Å². The Bertz CT molecular complexity index is 456. The summed E-state index contributed by atoms with van der Waals surface area (Å²) in [5, 5.41) is 0.426. The minimum Gasteiger partial charge on any atom is -0.326 e. The fourth-order valence-electron chi connectivity index (χ4n) is 2.88. The Hall–Kier alpha value is -0.640. The first kappa shape index (κ1) is 15.7. The van der Waals surface area contributed by atoms with E-state index >= 15 is 0 Å². The second kappa shape index (κ2) is 6.42. The fourth-order valence-corrected chi connectivity index (χ4v) is 3.04. The van der Waals surface area contributed by atoms with E-state index in [0.29, 0.717) is 17.0 Å². The molecular formula is C16H24ClFN2. The van der Waals surface area contributed by atoms with Gasteiger partial charge in [0.25, 0.3) is 0 Å². The monoisotopic (exact) mass is 298 g/mol. The van der Waals surface area contributed by atoms with Crippen molar-refractivity contribution in [3.05, 3.63) is 34.6 Å². The quantitative estimate of drug-likeness (QED) is 0.920. The van der Waals surface area contributed by atoms with E-state index in [1.165, 1.54) is 25.3 Å². The molecule has 20 heavy (non-hydrogen) atoms. The Morgan fingerprint density at radius 1 is 1.30 bits per heavy atom. The molecule has 2 rings (SSSR count). The number of halogens is 2. The molecular weight excluding hydrogens is 275 g/mol. The third-order valence-electron chi connectivity index (χ3n) is 4.53. The zero-order chi connectivity index (χ0) is 14.8. The van der Waals surface area contributed by atoms with Crippen molar-refractivity contribution in [3.63, 3.8) is 0 Å². The standard InChI is InChI=1S/C16H24ClFN2/c1-16(2,20-8-4-3-5-9-20)15(19)10-12-6-7-13(17)11-14(12)18/h6-7,11,15H,3-5,8-10,19H2,1-2H3. The Morgan fingerprint density at radius 3 is 2.55 bits per heavy atom. The molecule has 1 aromatic carbocycles. The van der Waals surface area contributed by atoms with E-state index in [1.54, 1.807) is 12.1 Å². The SMILES string of the molecule is CC(C)(C(N)Cc1ccc(Cl)cc1F)N1CCCCC1. The third-order valence-corrected chi connectivity index (χ3v) is 4.77. The lowest BCUT2D eigenvalue weighted by Gasteiger charge is -2.44. The van der Waals surface area contributed by atoms with Crippen LogP contribution in [-0.4, -0.2) is 29.6 Å². The normalized spacial score (nSPS) is 19.1. The van der Waals surface area contributed by atoms with Gasteiger partial charge in [0, 0.05) is 16.6 Å². The molecule has 1 aliphatic heterocycles. The van der Waals surface area contributed by atoms with Crippen molar-refractivity contribution in [1.29, 1.82) is 0 Å². The molecule has 1 atom stereocenters. The van der Waals surface area contributed by atoms with Crippen molar-refractivity contribution < 1.29 is 4.39 Å². The molecule has 2 nitrogen and oxygen atoms in total. The molecule has 112 valence electrons. The topological polar surface area (TPSA) is 29.3 Å². The highest BCUT2D eigenvalue weighted by Crippen LogP contribution is 2.26. The summed E-state index contributed by atoms with van der Waals surface area (Å²) in [6, 6.07) is 4.72. The van der Waals surface area contributed by atoms with Gasteiger partial charge in [0.1, 0.15) is 5.82 Å². The minimum absolute atomic E-state index is 0.101. The lowest BCUT2D eigenvalue weighted by atomic mass is 9.86. The fraction of sp³-hybridized carbons (Fsp3) is 0.625. The maximum atomic E-state index is 13.9. The number of benzene rings is 1. The average Bonchev–Trinajstić information content (AvgIpc) is 2.42. The summed E-state index contributed by atoms with van der Waals surface area (Å²) in [7, 11) is 0. The highest BCUT2D eigenvalue weighted by Gasteiger charge is 2.34. The van der Waals surface area contributed by atoms with Crippen LogP contribution >= 0.6 is 11.6 Å². The van der Waals surface area contributed by atoms with E-state index in [9.17, 15) is 4.39 Å². The number of piperidine rings is 1. The third kappa shape index (κ3) is 3.51. The van der Waals surface area contributed by atoms with Crippen LogP contribution in [0, 0.1) is 5.82 Å². The number of hydrogen-bond acceptors (Lipinski definition) is 2. The van der Waals surface area contributed by atoms with Crippen molar-refractivity contribution in [2.24, 2.45) is 5.73 Å². The number of nitrogens with zero attached hydrogens (tertiary/aromatic N) is 1. The molecule has 2 N–H and O–H groups in total. The Morgan fingerprint density at radius 2 is 1.95 bits per heavy atom. The van der Waals surface area contributed by atoms with Gasteiger partial charge in [-0.15, -0.1) is 0 Å². The molecule has 1 heterocycles. The highest BCUT2D eigenvalue weighted by molar-refractivity contribution is 6.30. The molecule has 0 spiro atoms. The Kier molecular flexibility index (Phi) is 5.05. The maximum absolute atomic E-state index is 13.9. The van der Waals surface area contributed by atoms with Gasteiger partial charge in [0.2, 0.25) is 0 Å². The smallest absolute Gasteiger partial charge is 0.127 e. The van der Waals surface area contributed by atoms with Gasteiger partial charge in [-0.25, -0.2) is 4.39 Å². The first-order valence-electron chi connectivity index (χ1n) is 7.36. The summed E-state index contributed by atoms with van der Waals surface area (Å²) in [6.45, 7) is 6.50. The molecule has 1 fully saturated rings. The summed E-state index contributed by atoms with van der Waals surface area (Å²) in [5.74, 6) is -0.262. The van der Waals surface area contributed by atoms with Crippen LogP contribution in [0.4, 0.5) is 4.39 Å². The molecule has 1 aliphatic rings. The minimum atomic E-state index is -0.262. The average molecular weight is 299 g/mol. The van der Waals surface area contributed by atoms with Gasteiger partial charge in [0.15, 0.2) is 0 Å². The van der Waals surface area contributed by atoms with Crippen LogP contribution < -0.4 is 5.73 Å². The van der Waals surface area contributed by atoms with Gasteiger partial charge in [-0.05, 0) is 63.9 Å². The van der Waals surface area contributed by atoms with Gasteiger partial charge >= 0.3 is 0 Å². The van der Waals surface area contributed by atoms with Crippen molar-refractivity contribution in [2.45, 2.75) is 51.1 Å². The molecule has 1 saturated heterocycles. The van der Waals surface area contributed by atoms with E-state index in [4.69, 9.17) is 17.3 Å². The first-order chi connectivity index (χ1) is 9.41. The molecule has 4 heteroatoms. The van der Waals surface area contributed by atoms with Crippen LogP contribution in [0.2, 0.25) is 5.02 Å². The summed E-state index contributed by atoms with van der Waals surface area (Å²) in [6.07, 6.45) is 4.29. The first-order valence-corrected chi connectivity index (χ1v) is 7.73. The van der Waals surface area contributed by atoms with E-state index in [1.807, 2.05) is 0 Å². The molecule has 1 aromatic rings. The van der Waals surface area contributed by atoms with Gasteiger partial charge in [0.05, 0.1) is 0 Å². The molecule has 0 amide bonds. The number of hydrogen-bond donors (Lipinski definition) is 1. The predicted molar refractivity (Wildman–Crippen MR) is 82.6 cm³/mol. The second-order valence-corrected chi connectivity index (χ2v) is 6.68. The van der Waals surface area contributed by atoms with Crippen molar-refractivity contribution in [2.75, 3.05) is 13.1 Å². The number of nitrogens with two attached hydrogens (primary N) is 1. The van der Waals surface area contributed by atoms with Crippen molar-refractivity contribution in [3.8, 4) is 0 Å². The van der Waals surface area contributed by atoms with E-state index in [-0.39, 0.29) is 17.4 Å². The van der Waals surface area contributed by atoms with E-state index in [0.717, 1.165) is 13.1 Å². The lowest BCUT2D eigenvalue weighted by Crippen LogP contribution is -2.58. The van der Waals surface area contributed by atoms with Crippen molar-refractivity contribution in [1.82, 2.24) is 4.90 Å². The summed E-state index contributed by atoms with van der Waals surface area (Å²) in [4.78, 5) is 2.44. The molecule has 0 aliphatic carbocycles. The lowest BCUT2D eigenvalue weighted by molar-refractivity contribution is 0.0729.